The molecule has 0 aromatic heterocycles. The van der Waals surface area contributed by atoms with Crippen molar-refractivity contribution in [2.75, 3.05) is 25.0 Å². The molecule has 0 radical (unpaired) electrons. The minimum atomic E-state index is -0.103. The number of amides is 1. The van der Waals surface area contributed by atoms with Gasteiger partial charge >= 0.3 is 0 Å². The standard InChI is InChI=1S/C14H19N3O/c1-12(11-16-2)14(18)17(10-6-9-15)13-7-4-3-5-8-13/h3-5,7-8,12,16H,6,10-11H2,1-2H3. The fourth-order valence-electron chi connectivity index (χ4n) is 1.80. The summed E-state index contributed by atoms with van der Waals surface area (Å²) in [7, 11) is 1.83. The van der Waals surface area contributed by atoms with Crippen molar-refractivity contribution in [3.63, 3.8) is 0 Å². The molecule has 1 amide bonds. The molecule has 18 heavy (non-hydrogen) atoms. The van der Waals surface area contributed by atoms with Gasteiger partial charge in [-0.05, 0) is 19.2 Å². The molecule has 0 aliphatic rings. The highest BCUT2D eigenvalue weighted by Gasteiger charge is 2.20. The molecule has 1 rings (SSSR count). The normalized spacial score (nSPS) is 11.6. The van der Waals surface area contributed by atoms with Gasteiger partial charge in [0.05, 0.1) is 12.5 Å². The number of nitrogens with one attached hydrogen (secondary N) is 1. The molecule has 4 heteroatoms. The van der Waals surface area contributed by atoms with Crippen molar-refractivity contribution in [3.05, 3.63) is 30.3 Å². The molecule has 0 saturated carbocycles. The van der Waals surface area contributed by atoms with Crippen LogP contribution >= 0.6 is 0 Å². The van der Waals surface area contributed by atoms with E-state index in [1.807, 2.05) is 44.3 Å². The number of para-hydroxylation sites is 1. The van der Waals surface area contributed by atoms with Crippen molar-refractivity contribution in [1.29, 1.82) is 5.26 Å². The Morgan fingerprint density at radius 1 is 1.44 bits per heavy atom. The quantitative estimate of drug-likeness (QED) is 0.831. The minimum Gasteiger partial charge on any atom is -0.319 e. The number of anilines is 1. The van der Waals surface area contributed by atoms with Crippen LogP contribution in [0.15, 0.2) is 30.3 Å². The number of nitrogens with zero attached hydrogens (tertiary/aromatic N) is 2. The van der Waals surface area contributed by atoms with Gasteiger partial charge in [-0.25, -0.2) is 0 Å². The van der Waals surface area contributed by atoms with Gasteiger partial charge in [0.15, 0.2) is 0 Å². The zero-order valence-corrected chi connectivity index (χ0v) is 10.9. The molecule has 0 saturated heterocycles. The lowest BCUT2D eigenvalue weighted by Gasteiger charge is -2.25. The highest BCUT2D eigenvalue weighted by molar-refractivity contribution is 5.94. The van der Waals surface area contributed by atoms with E-state index < -0.39 is 0 Å². The molecule has 0 fully saturated rings. The Bertz CT molecular complexity index is 411. The van der Waals surface area contributed by atoms with Crippen molar-refractivity contribution < 1.29 is 4.79 Å². The second kappa shape index (κ2) is 7.46. The van der Waals surface area contributed by atoms with Crippen molar-refractivity contribution in [1.82, 2.24) is 5.32 Å². The number of hydrogen-bond donors (Lipinski definition) is 1. The lowest BCUT2D eigenvalue weighted by Crippen LogP contribution is -2.39. The number of nitriles is 1. The highest BCUT2D eigenvalue weighted by atomic mass is 16.2. The van der Waals surface area contributed by atoms with Gasteiger partial charge in [0.2, 0.25) is 5.91 Å². The van der Waals surface area contributed by atoms with Gasteiger partial charge in [-0.15, -0.1) is 0 Å². The SMILES string of the molecule is CNCC(C)C(=O)N(CCC#N)c1ccccc1. The van der Waals surface area contributed by atoms with Gasteiger partial charge in [0.25, 0.3) is 0 Å². The molecular formula is C14H19N3O. The summed E-state index contributed by atoms with van der Waals surface area (Å²) in [6.07, 6.45) is 0.340. The van der Waals surface area contributed by atoms with Crippen LogP contribution in [0, 0.1) is 17.2 Å². The summed E-state index contributed by atoms with van der Waals surface area (Å²) in [5.74, 6) is -0.0558. The first-order chi connectivity index (χ1) is 8.70. The molecule has 0 spiro atoms. The average Bonchev–Trinajstić information content (AvgIpc) is 2.40. The van der Waals surface area contributed by atoms with Crippen molar-refractivity contribution >= 4 is 11.6 Å². The lowest BCUT2D eigenvalue weighted by atomic mass is 10.1. The number of rotatable bonds is 6. The summed E-state index contributed by atoms with van der Waals surface area (Å²) in [4.78, 5) is 14.0. The Morgan fingerprint density at radius 3 is 2.67 bits per heavy atom. The predicted molar refractivity (Wildman–Crippen MR) is 72.1 cm³/mol. The zero-order chi connectivity index (χ0) is 13.4. The molecule has 1 aromatic rings. The Balaban J connectivity index is 2.85. The Labute approximate surface area is 108 Å². The predicted octanol–water partition coefficient (Wildman–Crippen LogP) is 1.79. The van der Waals surface area contributed by atoms with Crippen molar-refractivity contribution in [2.45, 2.75) is 13.3 Å². The van der Waals surface area contributed by atoms with E-state index in [4.69, 9.17) is 5.26 Å². The van der Waals surface area contributed by atoms with Gasteiger partial charge in [0.1, 0.15) is 0 Å². The molecule has 0 bridgehead atoms. The van der Waals surface area contributed by atoms with Gasteiger partial charge in [0, 0.05) is 24.7 Å². The van der Waals surface area contributed by atoms with Crippen LogP contribution in [-0.2, 0) is 4.79 Å². The molecule has 0 heterocycles. The molecular weight excluding hydrogens is 226 g/mol. The van der Waals surface area contributed by atoms with Crippen LogP contribution in [-0.4, -0.2) is 26.0 Å². The summed E-state index contributed by atoms with van der Waals surface area (Å²) in [6.45, 7) is 2.96. The maximum Gasteiger partial charge on any atom is 0.231 e. The minimum absolute atomic E-state index is 0.0470. The van der Waals surface area contributed by atoms with Crippen LogP contribution in [0.25, 0.3) is 0 Å². The zero-order valence-electron chi connectivity index (χ0n) is 10.9. The van der Waals surface area contributed by atoms with E-state index in [-0.39, 0.29) is 11.8 Å². The topological polar surface area (TPSA) is 56.1 Å². The van der Waals surface area contributed by atoms with Gasteiger partial charge in [-0.2, -0.15) is 5.26 Å². The van der Waals surface area contributed by atoms with E-state index in [1.165, 1.54) is 0 Å². The summed E-state index contributed by atoms with van der Waals surface area (Å²) in [5.41, 5.74) is 0.848. The molecule has 1 aromatic carbocycles. The first-order valence-corrected chi connectivity index (χ1v) is 6.08. The van der Waals surface area contributed by atoms with E-state index in [1.54, 1.807) is 4.90 Å². The maximum atomic E-state index is 12.3. The van der Waals surface area contributed by atoms with Crippen LogP contribution < -0.4 is 10.2 Å². The van der Waals surface area contributed by atoms with Gasteiger partial charge in [-0.1, -0.05) is 25.1 Å². The fourth-order valence-corrected chi connectivity index (χ4v) is 1.80. The number of carbonyl (C=O) groups excluding carboxylic acids is 1. The Morgan fingerprint density at radius 2 is 2.11 bits per heavy atom. The number of hydrogen-bond acceptors (Lipinski definition) is 3. The molecule has 4 nitrogen and oxygen atoms in total. The van der Waals surface area contributed by atoms with Crippen molar-refractivity contribution in [2.24, 2.45) is 5.92 Å². The third-order valence-electron chi connectivity index (χ3n) is 2.71. The van der Waals surface area contributed by atoms with E-state index in [0.717, 1.165) is 5.69 Å². The van der Waals surface area contributed by atoms with Gasteiger partial charge in [-0.3, -0.25) is 4.79 Å². The monoisotopic (exact) mass is 245 g/mol. The Kier molecular flexibility index (Phi) is 5.89. The summed E-state index contributed by atoms with van der Waals surface area (Å²) in [5, 5.41) is 11.7. The molecule has 1 unspecified atom stereocenters. The van der Waals surface area contributed by atoms with Crippen LogP contribution in [0.2, 0.25) is 0 Å². The molecule has 0 aliphatic heterocycles. The van der Waals surface area contributed by atoms with E-state index in [2.05, 4.69) is 11.4 Å². The molecule has 1 atom stereocenters. The summed E-state index contributed by atoms with van der Waals surface area (Å²) >= 11 is 0. The first-order valence-electron chi connectivity index (χ1n) is 6.08. The lowest BCUT2D eigenvalue weighted by molar-refractivity contribution is -0.121. The smallest absolute Gasteiger partial charge is 0.231 e. The van der Waals surface area contributed by atoms with E-state index >= 15 is 0 Å². The van der Waals surface area contributed by atoms with Crippen molar-refractivity contribution in [3.8, 4) is 6.07 Å². The Hall–Kier alpha value is -1.86. The highest BCUT2D eigenvalue weighted by Crippen LogP contribution is 2.16. The van der Waals surface area contributed by atoms with Crippen LogP contribution in [0.3, 0.4) is 0 Å². The first kappa shape index (κ1) is 14.2. The number of benzene rings is 1. The maximum absolute atomic E-state index is 12.3. The average molecular weight is 245 g/mol. The summed E-state index contributed by atoms with van der Waals surface area (Å²) < 4.78 is 0. The third-order valence-corrected chi connectivity index (χ3v) is 2.71. The third kappa shape index (κ3) is 3.86. The summed E-state index contributed by atoms with van der Waals surface area (Å²) in [6, 6.07) is 11.6. The fraction of sp³-hybridized carbons (Fsp3) is 0.429. The van der Waals surface area contributed by atoms with E-state index in [0.29, 0.717) is 19.5 Å². The van der Waals surface area contributed by atoms with Crippen LogP contribution in [0.5, 0.6) is 0 Å². The van der Waals surface area contributed by atoms with Crippen LogP contribution in [0.1, 0.15) is 13.3 Å². The van der Waals surface area contributed by atoms with Crippen LogP contribution in [0.4, 0.5) is 5.69 Å². The largest absolute Gasteiger partial charge is 0.319 e. The molecule has 96 valence electrons. The van der Waals surface area contributed by atoms with Gasteiger partial charge < -0.3 is 10.2 Å². The molecule has 0 aliphatic carbocycles. The molecule has 1 N–H and O–H groups in total. The van der Waals surface area contributed by atoms with E-state index in [9.17, 15) is 4.79 Å². The second-order valence-corrected chi connectivity index (χ2v) is 4.19. The second-order valence-electron chi connectivity index (χ2n) is 4.19. The number of carbonyl (C=O) groups is 1.